The molecule has 0 radical (unpaired) electrons. The van der Waals surface area contributed by atoms with Crippen LogP contribution in [0.1, 0.15) is 30.8 Å². The lowest BCUT2D eigenvalue weighted by atomic mass is 10.2. The number of nitrogens with one attached hydrogen (secondary N) is 1. The molecule has 3 rings (SSSR count). The maximum Gasteiger partial charge on any atom is 0.270 e. The van der Waals surface area contributed by atoms with Crippen molar-refractivity contribution in [2.45, 2.75) is 26.3 Å². The van der Waals surface area contributed by atoms with E-state index in [0.717, 1.165) is 43.9 Å². The lowest BCUT2D eigenvalue weighted by Gasteiger charge is -2.33. The van der Waals surface area contributed by atoms with Crippen LogP contribution in [-0.4, -0.2) is 64.7 Å². The first-order valence-corrected chi connectivity index (χ1v) is 8.17. The quantitative estimate of drug-likeness (QED) is 0.912. The number of carbonyl (C=O) groups is 1. The third-order valence-electron chi connectivity index (χ3n) is 4.42. The molecule has 7 nitrogen and oxygen atoms in total. The van der Waals surface area contributed by atoms with Crippen LogP contribution in [-0.2, 0) is 0 Å². The minimum atomic E-state index is -0.132. The number of nitrogens with zero attached hydrogens (tertiary/aromatic N) is 5. The molecule has 1 atom stereocenters. The number of hydrogen-bond donors (Lipinski definition) is 1. The Morgan fingerprint density at radius 1 is 1.35 bits per heavy atom. The summed E-state index contributed by atoms with van der Waals surface area (Å²) in [6, 6.07) is 1.86. The molecular formula is C16H24N6O. The number of rotatable bonds is 4. The number of piperazine rings is 1. The highest BCUT2D eigenvalue weighted by Gasteiger charge is 2.20. The second kappa shape index (κ2) is 6.54. The molecule has 1 fully saturated rings. The van der Waals surface area contributed by atoms with E-state index in [9.17, 15) is 4.79 Å². The fourth-order valence-corrected chi connectivity index (χ4v) is 2.65. The Bertz CT molecular complexity index is 689. The van der Waals surface area contributed by atoms with E-state index < -0.39 is 0 Å². The standard InChI is InChI=1S/C16H24N6O/c1-4-12(2)18-16(23)13-5-6-22-15(19-13)14(11-17-22)21-9-7-20(3)8-10-21/h5-6,11-12H,4,7-10H2,1-3H3,(H,18,23). The number of hydrogen-bond acceptors (Lipinski definition) is 5. The summed E-state index contributed by atoms with van der Waals surface area (Å²) in [5, 5.41) is 7.31. The summed E-state index contributed by atoms with van der Waals surface area (Å²) in [6.07, 6.45) is 4.53. The van der Waals surface area contributed by atoms with Crippen molar-refractivity contribution < 1.29 is 4.79 Å². The first kappa shape index (κ1) is 15.7. The summed E-state index contributed by atoms with van der Waals surface area (Å²) in [5.74, 6) is -0.132. The van der Waals surface area contributed by atoms with E-state index in [1.165, 1.54) is 0 Å². The fraction of sp³-hybridized carbons (Fsp3) is 0.562. The molecule has 0 aromatic carbocycles. The molecule has 1 amide bonds. The normalized spacial score (nSPS) is 17.4. The van der Waals surface area contributed by atoms with Crippen molar-refractivity contribution in [3.8, 4) is 0 Å². The zero-order valence-corrected chi connectivity index (χ0v) is 14.0. The van der Waals surface area contributed by atoms with Crippen LogP contribution in [0.4, 0.5) is 5.69 Å². The Labute approximate surface area is 136 Å². The van der Waals surface area contributed by atoms with Crippen molar-refractivity contribution >= 4 is 17.2 Å². The molecule has 7 heteroatoms. The molecule has 1 N–H and O–H groups in total. The second-order valence-corrected chi connectivity index (χ2v) is 6.18. The van der Waals surface area contributed by atoms with Gasteiger partial charge in [0.15, 0.2) is 5.65 Å². The maximum atomic E-state index is 12.3. The molecule has 0 bridgehead atoms. The molecular weight excluding hydrogens is 292 g/mol. The van der Waals surface area contributed by atoms with E-state index in [0.29, 0.717) is 5.69 Å². The number of aromatic nitrogens is 3. The predicted octanol–water partition coefficient (Wildman–Crippen LogP) is 1.01. The topological polar surface area (TPSA) is 65.8 Å². The van der Waals surface area contributed by atoms with Gasteiger partial charge in [-0.05, 0) is 26.5 Å². The summed E-state index contributed by atoms with van der Waals surface area (Å²) in [5.41, 5.74) is 2.18. The van der Waals surface area contributed by atoms with Crippen LogP contribution >= 0.6 is 0 Å². The summed E-state index contributed by atoms with van der Waals surface area (Å²) < 4.78 is 1.73. The molecule has 1 unspecified atom stereocenters. The van der Waals surface area contributed by atoms with E-state index in [4.69, 9.17) is 0 Å². The largest absolute Gasteiger partial charge is 0.365 e. The van der Waals surface area contributed by atoms with Crippen LogP contribution in [0.5, 0.6) is 0 Å². The van der Waals surface area contributed by atoms with Gasteiger partial charge in [0, 0.05) is 38.4 Å². The molecule has 1 saturated heterocycles. The van der Waals surface area contributed by atoms with Crippen LogP contribution in [0.3, 0.4) is 0 Å². The van der Waals surface area contributed by atoms with Crippen LogP contribution in [0.15, 0.2) is 18.5 Å². The van der Waals surface area contributed by atoms with E-state index >= 15 is 0 Å². The van der Waals surface area contributed by atoms with Gasteiger partial charge in [0.25, 0.3) is 5.91 Å². The minimum Gasteiger partial charge on any atom is -0.365 e. The Morgan fingerprint density at radius 2 is 2.09 bits per heavy atom. The van der Waals surface area contributed by atoms with Gasteiger partial charge in [-0.1, -0.05) is 6.92 Å². The van der Waals surface area contributed by atoms with Gasteiger partial charge in [-0.2, -0.15) is 5.10 Å². The Hall–Kier alpha value is -2.15. The van der Waals surface area contributed by atoms with Gasteiger partial charge < -0.3 is 15.1 Å². The molecule has 23 heavy (non-hydrogen) atoms. The highest BCUT2D eigenvalue weighted by atomic mass is 16.1. The van der Waals surface area contributed by atoms with Crippen LogP contribution in [0.25, 0.3) is 5.65 Å². The van der Waals surface area contributed by atoms with Gasteiger partial charge in [0.05, 0.1) is 6.20 Å². The van der Waals surface area contributed by atoms with Crippen molar-refractivity contribution in [2.24, 2.45) is 0 Å². The maximum absolute atomic E-state index is 12.3. The lowest BCUT2D eigenvalue weighted by Crippen LogP contribution is -2.44. The van der Waals surface area contributed by atoms with E-state index in [1.54, 1.807) is 16.8 Å². The molecule has 0 aliphatic carbocycles. The lowest BCUT2D eigenvalue weighted by molar-refractivity contribution is 0.0934. The molecule has 124 valence electrons. The van der Waals surface area contributed by atoms with E-state index in [2.05, 4.69) is 32.2 Å². The second-order valence-electron chi connectivity index (χ2n) is 6.18. The Kier molecular flexibility index (Phi) is 4.47. The summed E-state index contributed by atoms with van der Waals surface area (Å²) >= 11 is 0. The highest BCUT2D eigenvalue weighted by Crippen LogP contribution is 2.21. The van der Waals surface area contributed by atoms with Gasteiger partial charge in [-0.25, -0.2) is 9.50 Å². The smallest absolute Gasteiger partial charge is 0.270 e. The van der Waals surface area contributed by atoms with Gasteiger partial charge in [-0.3, -0.25) is 4.79 Å². The van der Waals surface area contributed by atoms with Crippen molar-refractivity contribution in [1.82, 2.24) is 24.8 Å². The number of anilines is 1. The number of likely N-dealkylation sites (N-methyl/N-ethyl adjacent to an activating group) is 1. The third-order valence-corrected chi connectivity index (χ3v) is 4.42. The number of fused-ring (bicyclic) bond motifs is 1. The van der Waals surface area contributed by atoms with Crippen LogP contribution in [0, 0.1) is 0 Å². The Morgan fingerprint density at radius 3 is 2.78 bits per heavy atom. The predicted molar refractivity (Wildman–Crippen MR) is 89.9 cm³/mol. The van der Waals surface area contributed by atoms with Crippen molar-refractivity contribution in [3.63, 3.8) is 0 Å². The van der Waals surface area contributed by atoms with Crippen molar-refractivity contribution in [2.75, 3.05) is 38.1 Å². The SMILES string of the molecule is CCC(C)NC(=O)c1ccn2ncc(N3CCN(C)CC3)c2n1. The van der Waals surface area contributed by atoms with E-state index in [1.807, 2.05) is 20.0 Å². The molecule has 0 spiro atoms. The number of amides is 1. The molecule has 0 saturated carbocycles. The molecule has 2 aromatic rings. The fourth-order valence-electron chi connectivity index (χ4n) is 2.65. The van der Waals surface area contributed by atoms with Crippen LogP contribution < -0.4 is 10.2 Å². The highest BCUT2D eigenvalue weighted by molar-refractivity contribution is 5.93. The van der Waals surface area contributed by atoms with Gasteiger partial charge in [-0.15, -0.1) is 0 Å². The van der Waals surface area contributed by atoms with Crippen molar-refractivity contribution in [1.29, 1.82) is 0 Å². The molecule has 2 aromatic heterocycles. The zero-order chi connectivity index (χ0) is 16.4. The van der Waals surface area contributed by atoms with Crippen molar-refractivity contribution in [3.05, 3.63) is 24.2 Å². The van der Waals surface area contributed by atoms with Gasteiger partial charge in [0.2, 0.25) is 0 Å². The number of carbonyl (C=O) groups excluding carboxylic acids is 1. The van der Waals surface area contributed by atoms with Crippen LogP contribution in [0.2, 0.25) is 0 Å². The summed E-state index contributed by atoms with van der Waals surface area (Å²) in [7, 11) is 2.13. The molecule has 1 aliphatic heterocycles. The average Bonchev–Trinajstić information content (AvgIpc) is 2.98. The Balaban J connectivity index is 1.86. The summed E-state index contributed by atoms with van der Waals surface area (Å²) in [4.78, 5) is 21.4. The van der Waals surface area contributed by atoms with Gasteiger partial charge >= 0.3 is 0 Å². The first-order valence-electron chi connectivity index (χ1n) is 8.17. The summed E-state index contributed by atoms with van der Waals surface area (Å²) in [6.45, 7) is 7.97. The molecule has 1 aliphatic rings. The zero-order valence-electron chi connectivity index (χ0n) is 14.0. The van der Waals surface area contributed by atoms with Gasteiger partial charge in [0.1, 0.15) is 11.4 Å². The third kappa shape index (κ3) is 3.29. The monoisotopic (exact) mass is 316 g/mol. The average molecular weight is 316 g/mol. The first-order chi connectivity index (χ1) is 11.1. The molecule has 3 heterocycles. The van der Waals surface area contributed by atoms with E-state index in [-0.39, 0.29) is 11.9 Å². The minimum absolute atomic E-state index is 0.132.